The standard InChI is InChI=1S/C16H12BrN3O4/c1-10(21)19-16(11-5-4-6-12(9-11)20(22)23)24-15(18-19)13-7-2-3-8-14(13)17/h2-9,16H,1H3/t16-/m0/s1. The predicted octanol–water partition coefficient (Wildman–Crippen LogP) is 3.60. The van der Waals surface area contributed by atoms with Gasteiger partial charge in [-0.25, -0.2) is 0 Å². The van der Waals surface area contributed by atoms with Crippen molar-refractivity contribution in [3.05, 3.63) is 74.2 Å². The minimum atomic E-state index is -0.843. The molecule has 8 heteroatoms. The minimum Gasteiger partial charge on any atom is -0.446 e. The molecule has 122 valence electrons. The van der Waals surface area contributed by atoms with Gasteiger partial charge in [0.25, 0.3) is 5.69 Å². The predicted molar refractivity (Wildman–Crippen MR) is 90.1 cm³/mol. The highest BCUT2D eigenvalue weighted by Crippen LogP contribution is 2.33. The second kappa shape index (κ2) is 6.40. The number of nitro benzene ring substituents is 1. The van der Waals surface area contributed by atoms with E-state index in [9.17, 15) is 14.9 Å². The number of halogens is 1. The van der Waals surface area contributed by atoms with Crippen molar-refractivity contribution in [2.45, 2.75) is 13.2 Å². The lowest BCUT2D eigenvalue weighted by molar-refractivity contribution is -0.385. The van der Waals surface area contributed by atoms with Gasteiger partial charge in [-0.15, -0.1) is 5.10 Å². The first kappa shape index (κ1) is 16.1. The first-order valence-electron chi connectivity index (χ1n) is 7.01. The quantitative estimate of drug-likeness (QED) is 0.592. The van der Waals surface area contributed by atoms with Crippen molar-refractivity contribution in [3.8, 4) is 0 Å². The number of nitrogens with zero attached hydrogens (tertiary/aromatic N) is 3. The summed E-state index contributed by atoms with van der Waals surface area (Å²) in [6.07, 6.45) is -0.843. The Bertz CT molecular complexity index is 853. The summed E-state index contributed by atoms with van der Waals surface area (Å²) >= 11 is 3.42. The smallest absolute Gasteiger partial charge is 0.269 e. The van der Waals surface area contributed by atoms with Gasteiger partial charge in [-0.3, -0.25) is 14.9 Å². The topological polar surface area (TPSA) is 85.0 Å². The highest BCUT2D eigenvalue weighted by molar-refractivity contribution is 9.10. The Morgan fingerprint density at radius 2 is 2.04 bits per heavy atom. The van der Waals surface area contributed by atoms with Crippen LogP contribution in [0.1, 0.15) is 24.3 Å². The van der Waals surface area contributed by atoms with E-state index >= 15 is 0 Å². The maximum atomic E-state index is 11.9. The molecular formula is C16H12BrN3O4. The van der Waals surface area contributed by atoms with Gasteiger partial charge in [0.1, 0.15) is 0 Å². The van der Waals surface area contributed by atoms with Crippen molar-refractivity contribution >= 4 is 33.4 Å². The third-order valence-corrected chi connectivity index (χ3v) is 4.13. The van der Waals surface area contributed by atoms with E-state index in [1.165, 1.54) is 24.1 Å². The van der Waals surface area contributed by atoms with Gasteiger partial charge in [0.15, 0.2) is 0 Å². The Hall–Kier alpha value is -2.74. The van der Waals surface area contributed by atoms with Crippen LogP contribution in [0, 0.1) is 10.1 Å². The Morgan fingerprint density at radius 1 is 1.29 bits per heavy atom. The number of hydrazone groups is 1. The number of carbonyl (C=O) groups excluding carboxylic acids is 1. The lowest BCUT2D eigenvalue weighted by atomic mass is 10.1. The monoisotopic (exact) mass is 389 g/mol. The lowest BCUT2D eigenvalue weighted by Gasteiger charge is -2.19. The van der Waals surface area contributed by atoms with Gasteiger partial charge < -0.3 is 4.74 Å². The van der Waals surface area contributed by atoms with Gasteiger partial charge in [-0.05, 0) is 28.1 Å². The second-order valence-electron chi connectivity index (χ2n) is 5.07. The third kappa shape index (κ3) is 3.00. The SMILES string of the molecule is CC(=O)N1N=C(c2ccccc2Br)O[C@H]1c1cccc([N+](=O)[O-])c1. The van der Waals surface area contributed by atoms with E-state index in [-0.39, 0.29) is 17.5 Å². The third-order valence-electron chi connectivity index (χ3n) is 3.44. The van der Waals surface area contributed by atoms with Crippen LogP contribution in [-0.2, 0) is 9.53 Å². The number of non-ortho nitro benzene ring substituents is 1. The molecule has 0 bridgehead atoms. The molecule has 0 saturated heterocycles. The summed E-state index contributed by atoms with van der Waals surface area (Å²) in [7, 11) is 0. The van der Waals surface area contributed by atoms with Gasteiger partial charge in [0, 0.05) is 29.1 Å². The molecule has 0 radical (unpaired) electrons. The first-order chi connectivity index (χ1) is 11.5. The van der Waals surface area contributed by atoms with E-state index in [1.807, 2.05) is 18.2 Å². The zero-order chi connectivity index (χ0) is 17.3. The Morgan fingerprint density at radius 3 is 2.71 bits per heavy atom. The molecule has 7 nitrogen and oxygen atoms in total. The van der Waals surface area contributed by atoms with Crippen LogP contribution in [0.15, 0.2) is 58.1 Å². The minimum absolute atomic E-state index is 0.0751. The van der Waals surface area contributed by atoms with Gasteiger partial charge >= 0.3 is 0 Å². The Kier molecular flexibility index (Phi) is 4.30. The molecule has 0 aromatic heterocycles. The molecule has 2 aromatic carbocycles. The van der Waals surface area contributed by atoms with Crippen molar-refractivity contribution in [2.75, 3.05) is 0 Å². The highest BCUT2D eigenvalue weighted by atomic mass is 79.9. The fourth-order valence-corrected chi connectivity index (χ4v) is 2.77. The molecular weight excluding hydrogens is 378 g/mol. The van der Waals surface area contributed by atoms with Crippen molar-refractivity contribution in [1.29, 1.82) is 0 Å². The molecule has 3 rings (SSSR count). The molecule has 1 aliphatic rings. The maximum Gasteiger partial charge on any atom is 0.269 e. The summed E-state index contributed by atoms with van der Waals surface area (Å²) in [4.78, 5) is 22.4. The molecule has 1 aliphatic heterocycles. The fraction of sp³-hybridized carbons (Fsp3) is 0.125. The second-order valence-corrected chi connectivity index (χ2v) is 5.93. The number of hydrogen-bond donors (Lipinski definition) is 0. The first-order valence-corrected chi connectivity index (χ1v) is 7.81. The summed E-state index contributed by atoms with van der Waals surface area (Å²) in [5.74, 6) is -0.0530. The van der Waals surface area contributed by atoms with Crippen molar-refractivity contribution < 1.29 is 14.5 Å². The van der Waals surface area contributed by atoms with Crippen LogP contribution in [0.5, 0.6) is 0 Å². The number of hydrogen-bond acceptors (Lipinski definition) is 5. The van der Waals surface area contributed by atoms with E-state index < -0.39 is 11.2 Å². The number of amides is 1. The summed E-state index contributed by atoms with van der Waals surface area (Å²) in [5, 5.41) is 16.4. The van der Waals surface area contributed by atoms with Crippen LogP contribution >= 0.6 is 15.9 Å². The van der Waals surface area contributed by atoms with Gasteiger partial charge in [-0.2, -0.15) is 5.01 Å². The highest BCUT2D eigenvalue weighted by Gasteiger charge is 2.34. The molecule has 1 amide bonds. The Labute approximate surface area is 145 Å². The maximum absolute atomic E-state index is 11.9. The fourth-order valence-electron chi connectivity index (χ4n) is 2.32. The van der Waals surface area contributed by atoms with E-state index in [2.05, 4.69) is 21.0 Å². The molecule has 2 aromatic rings. The Balaban J connectivity index is 1.99. The van der Waals surface area contributed by atoms with Crippen LogP contribution in [-0.4, -0.2) is 21.7 Å². The molecule has 1 heterocycles. The van der Waals surface area contributed by atoms with Crippen LogP contribution in [0.4, 0.5) is 5.69 Å². The molecule has 0 N–H and O–H groups in total. The van der Waals surface area contributed by atoms with E-state index in [1.54, 1.807) is 18.2 Å². The van der Waals surface area contributed by atoms with Gasteiger partial charge in [0.2, 0.25) is 18.0 Å². The molecule has 0 unspecified atom stereocenters. The summed E-state index contributed by atoms with van der Waals surface area (Å²) in [5.41, 5.74) is 1.09. The molecule has 0 spiro atoms. The molecule has 24 heavy (non-hydrogen) atoms. The molecule has 0 saturated carbocycles. The van der Waals surface area contributed by atoms with Crippen LogP contribution in [0.2, 0.25) is 0 Å². The average molecular weight is 390 g/mol. The number of ether oxygens (including phenoxy) is 1. The zero-order valence-electron chi connectivity index (χ0n) is 12.5. The summed E-state index contributed by atoms with van der Waals surface area (Å²) < 4.78 is 6.60. The largest absolute Gasteiger partial charge is 0.446 e. The number of rotatable bonds is 3. The number of carbonyl (C=O) groups is 1. The van der Waals surface area contributed by atoms with E-state index in [0.717, 1.165) is 4.47 Å². The molecule has 1 atom stereocenters. The molecule has 0 fully saturated rings. The summed E-state index contributed by atoms with van der Waals surface area (Å²) in [6, 6.07) is 13.3. The number of benzene rings is 2. The van der Waals surface area contributed by atoms with Crippen molar-refractivity contribution in [1.82, 2.24) is 5.01 Å². The normalized spacial score (nSPS) is 16.5. The van der Waals surface area contributed by atoms with Crippen molar-refractivity contribution in [2.24, 2.45) is 5.10 Å². The molecule has 0 aliphatic carbocycles. The van der Waals surface area contributed by atoms with Gasteiger partial charge in [0.05, 0.1) is 10.5 Å². The van der Waals surface area contributed by atoms with Crippen molar-refractivity contribution in [3.63, 3.8) is 0 Å². The zero-order valence-corrected chi connectivity index (χ0v) is 14.1. The summed E-state index contributed by atoms with van der Waals surface area (Å²) in [6.45, 7) is 1.36. The van der Waals surface area contributed by atoms with Crippen LogP contribution in [0.3, 0.4) is 0 Å². The van der Waals surface area contributed by atoms with Gasteiger partial charge in [-0.1, -0.05) is 24.3 Å². The average Bonchev–Trinajstić information content (AvgIpc) is 3.01. The lowest BCUT2D eigenvalue weighted by Crippen LogP contribution is -2.25. The van der Waals surface area contributed by atoms with Crippen LogP contribution in [0.25, 0.3) is 0 Å². The van der Waals surface area contributed by atoms with Crippen LogP contribution < -0.4 is 0 Å². The number of nitro groups is 1. The van der Waals surface area contributed by atoms with E-state index in [0.29, 0.717) is 11.1 Å². The van der Waals surface area contributed by atoms with E-state index in [4.69, 9.17) is 4.74 Å².